The van der Waals surface area contributed by atoms with Crippen LogP contribution in [0.3, 0.4) is 0 Å². The molecule has 4 nitrogen and oxygen atoms in total. The molecule has 3 heterocycles. The minimum atomic E-state index is 0.708. The van der Waals surface area contributed by atoms with Crippen LogP contribution in [0.1, 0.15) is 15.6 Å². The molecule has 0 radical (unpaired) electrons. The van der Waals surface area contributed by atoms with Gasteiger partial charge in [-0.05, 0) is 41.1 Å². The first kappa shape index (κ1) is 12.8. The van der Waals surface area contributed by atoms with Crippen molar-refractivity contribution in [2.24, 2.45) is 0 Å². The summed E-state index contributed by atoms with van der Waals surface area (Å²) >= 11 is 5.34. The van der Waals surface area contributed by atoms with Crippen molar-refractivity contribution in [1.29, 1.82) is 0 Å². The standard InChI is InChI=1S/C13H13BrN4S/c1-9-11(14)6-10(19-9)7-15-8-13-17-16-12-4-2-3-5-18(12)13/h2-6,15H,7-8H2,1H3. The molecule has 0 fully saturated rings. The Morgan fingerprint density at radius 2 is 2.21 bits per heavy atom. The molecular weight excluding hydrogens is 324 g/mol. The summed E-state index contributed by atoms with van der Waals surface area (Å²) in [5, 5.41) is 11.7. The summed E-state index contributed by atoms with van der Waals surface area (Å²) in [6.07, 6.45) is 1.98. The third-order valence-corrected chi connectivity index (χ3v) is 5.01. The van der Waals surface area contributed by atoms with Crippen molar-refractivity contribution in [3.63, 3.8) is 0 Å². The van der Waals surface area contributed by atoms with Gasteiger partial charge in [0.2, 0.25) is 0 Å². The number of fused-ring (bicyclic) bond motifs is 1. The summed E-state index contributed by atoms with van der Waals surface area (Å²) in [5.74, 6) is 0.933. The average molecular weight is 337 g/mol. The number of aromatic nitrogens is 3. The molecule has 3 aromatic heterocycles. The summed E-state index contributed by atoms with van der Waals surface area (Å²) in [7, 11) is 0. The van der Waals surface area contributed by atoms with Gasteiger partial charge in [0.05, 0.1) is 6.54 Å². The quantitative estimate of drug-likeness (QED) is 0.795. The van der Waals surface area contributed by atoms with Gasteiger partial charge in [0.25, 0.3) is 0 Å². The van der Waals surface area contributed by atoms with E-state index in [1.165, 1.54) is 14.2 Å². The van der Waals surface area contributed by atoms with Crippen LogP contribution >= 0.6 is 27.3 Å². The van der Waals surface area contributed by atoms with Crippen LogP contribution in [0, 0.1) is 6.92 Å². The lowest BCUT2D eigenvalue weighted by atomic mass is 10.4. The maximum atomic E-state index is 4.19. The van der Waals surface area contributed by atoms with Gasteiger partial charge in [-0.1, -0.05) is 6.07 Å². The minimum Gasteiger partial charge on any atom is -0.305 e. The molecule has 0 aliphatic rings. The van der Waals surface area contributed by atoms with Crippen LogP contribution < -0.4 is 5.32 Å². The van der Waals surface area contributed by atoms with Gasteiger partial charge in [0, 0.05) is 27.0 Å². The summed E-state index contributed by atoms with van der Waals surface area (Å²) in [6, 6.07) is 8.07. The zero-order valence-corrected chi connectivity index (χ0v) is 12.8. The summed E-state index contributed by atoms with van der Waals surface area (Å²) < 4.78 is 3.19. The monoisotopic (exact) mass is 336 g/mol. The first-order chi connectivity index (χ1) is 9.24. The molecule has 0 bridgehead atoms. The van der Waals surface area contributed by atoms with Crippen molar-refractivity contribution >= 4 is 32.9 Å². The molecule has 3 rings (SSSR count). The Bertz CT molecular complexity index is 684. The van der Waals surface area contributed by atoms with Crippen molar-refractivity contribution in [1.82, 2.24) is 19.9 Å². The molecule has 0 amide bonds. The van der Waals surface area contributed by atoms with E-state index in [1.807, 2.05) is 28.8 Å². The van der Waals surface area contributed by atoms with Crippen LogP contribution in [0.25, 0.3) is 5.65 Å². The number of pyridine rings is 1. The number of aryl methyl sites for hydroxylation is 1. The van der Waals surface area contributed by atoms with Crippen molar-refractivity contribution in [3.8, 4) is 0 Å². The molecule has 0 aliphatic heterocycles. The van der Waals surface area contributed by atoms with E-state index < -0.39 is 0 Å². The molecule has 1 N–H and O–H groups in total. The van der Waals surface area contributed by atoms with Crippen LogP contribution in [-0.4, -0.2) is 14.6 Å². The summed E-state index contributed by atoms with van der Waals surface area (Å²) in [4.78, 5) is 2.63. The van der Waals surface area contributed by atoms with Crippen molar-refractivity contribution in [2.45, 2.75) is 20.0 Å². The fourth-order valence-corrected chi connectivity index (χ4v) is 3.49. The highest BCUT2D eigenvalue weighted by Gasteiger charge is 2.05. The first-order valence-electron chi connectivity index (χ1n) is 5.98. The number of hydrogen-bond acceptors (Lipinski definition) is 4. The van der Waals surface area contributed by atoms with Gasteiger partial charge < -0.3 is 5.32 Å². The smallest absolute Gasteiger partial charge is 0.160 e. The van der Waals surface area contributed by atoms with E-state index in [-0.39, 0.29) is 0 Å². The summed E-state index contributed by atoms with van der Waals surface area (Å²) in [6.45, 7) is 3.67. The van der Waals surface area contributed by atoms with Crippen LogP contribution in [0.4, 0.5) is 0 Å². The van der Waals surface area contributed by atoms with Gasteiger partial charge in [-0.15, -0.1) is 21.5 Å². The van der Waals surface area contributed by atoms with Crippen molar-refractivity contribution in [3.05, 3.63) is 50.5 Å². The Hall–Kier alpha value is -1.24. The van der Waals surface area contributed by atoms with Crippen LogP contribution in [-0.2, 0) is 13.1 Å². The number of rotatable bonds is 4. The van der Waals surface area contributed by atoms with E-state index in [2.05, 4.69) is 44.4 Å². The topological polar surface area (TPSA) is 42.2 Å². The van der Waals surface area contributed by atoms with E-state index in [0.717, 1.165) is 18.0 Å². The molecule has 19 heavy (non-hydrogen) atoms. The van der Waals surface area contributed by atoms with Gasteiger partial charge in [-0.2, -0.15) is 0 Å². The molecule has 3 aromatic rings. The minimum absolute atomic E-state index is 0.708. The highest BCUT2D eigenvalue weighted by atomic mass is 79.9. The molecule has 6 heteroatoms. The Morgan fingerprint density at radius 3 is 3.00 bits per heavy atom. The predicted octanol–water partition coefficient (Wildman–Crippen LogP) is 3.15. The Labute approximate surface area is 123 Å². The fraction of sp³-hybridized carbons (Fsp3) is 0.231. The van der Waals surface area contributed by atoms with Gasteiger partial charge >= 0.3 is 0 Å². The largest absolute Gasteiger partial charge is 0.305 e. The molecule has 0 saturated heterocycles. The lowest BCUT2D eigenvalue weighted by molar-refractivity contribution is 0.662. The molecule has 0 aromatic carbocycles. The lowest BCUT2D eigenvalue weighted by Crippen LogP contribution is -2.14. The van der Waals surface area contributed by atoms with Gasteiger partial charge in [-0.3, -0.25) is 4.40 Å². The molecule has 98 valence electrons. The number of nitrogens with one attached hydrogen (secondary N) is 1. The highest BCUT2D eigenvalue weighted by molar-refractivity contribution is 9.10. The molecule has 0 unspecified atom stereocenters. The number of thiophene rings is 1. The van der Waals surface area contributed by atoms with E-state index in [0.29, 0.717) is 6.54 Å². The second-order valence-electron chi connectivity index (χ2n) is 4.27. The third-order valence-electron chi connectivity index (χ3n) is 2.87. The maximum Gasteiger partial charge on any atom is 0.160 e. The number of halogens is 1. The lowest BCUT2D eigenvalue weighted by Gasteiger charge is -2.01. The third kappa shape index (κ3) is 2.70. The van der Waals surface area contributed by atoms with E-state index >= 15 is 0 Å². The van der Waals surface area contributed by atoms with Crippen molar-refractivity contribution in [2.75, 3.05) is 0 Å². The average Bonchev–Trinajstić information content (AvgIpc) is 2.95. The normalized spacial score (nSPS) is 11.3. The number of hydrogen-bond donors (Lipinski definition) is 1. The Balaban J connectivity index is 1.66. The second kappa shape index (κ2) is 5.40. The zero-order valence-electron chi connectivity index (χ0n) is 10.4. The maximum absolute atomic E-state index is 4.19. The van der Waals surface area contributed by atoms with Crippen LogP contribution in [0.2, 0.25) is 0 Å². The SMILES string of the molecule is Cc1sc(CNCc2nnc3ccccn23)cc1Br. The van der Waals surface area contributed by atoms with Gasteiger partial charge in [-0.25, -0.2) is 0 Å². The summed E-state index contributed by atoms with van der Waals surface area (Å²) in [5.41, 5.74) is 0.883. The number of nitrogens with zero attached hydrogens (tertiary/aromatic N) is 3. The van der Waals surface area contributed by atoms with E-state index in [9.17, 15) is 0 Å². The van der Waals surface area contributed by atoms with Crippen LogP contribution in [0.5, 0.6) is 0 Å². The fourth-order valence-electron chi connectivity index (χ4n) is 1.91. The van der Waals surface area contributed by atoms with Crippen molar-refractivity contribution < 1.29 is 0 Å². The van der Waals surface area contributed by atoms with Gasteiger partial charge in [0.15, 0.2) is 11.5 Å². The van der Waals surface area contributed by atoms with E-state index in [4.69, 9.17) is 0 Å². The molecule has 0 aliphatic carbocycles. The Morgan fingerprint density at radius 1 is 1.32 bits per heavy atom. The van der Waals surface area contributed by atoms with Gasteiger partial charge in [0.1, 0.15) is 0 Å². The second-order valence-corrected chi connectivity index (χ2v) is 6.46. The predicted molar refractivity (Wildman–Crippen MR) is 80.3 cm³/mol. The zero-order chi connectivity index (χ0) is 13.2. The van der Waals surface area contributed by atoms with Crippen LogP contribution in [0.15, 0.2) is 34.9 Å². The first-order valence-corrected chi connectivity index (χ1v) is 7.59. The molecule has 0 saturated carbocycles. The molecule has 0 spiro atoms. The van der Waals surface area contributed by atoms with E-state index in [1.54, 1.807) is 11.3 Å². The highest BCUT2D eigenvalue weighted by Crippen LogP contribution is 2.26. The molecular formula is C13H13BrN4S. The molecule has 0 atom stereocenters. The Kier molecular flexibility index (Phi) is 3.63.